The van der Waals surface area contributed by atoms with Crippen LogP contribution in [-0.2, 0) is 4.79 Å². The lowest BCUT2D eigenvalue weighted by Gasteiger charge is -2.12. The average Bonchev–Trinajstić information content (AvgIpc) is 3.29. The molecule has 1 heterocycles. The molecule has 5 nitrogen and oxygen atoms in total. The summed E-state index contributed by atoms with van der Waals surface area (Å²) in [6.45, 7) is 0. The molecule has 1 N–H and O–H groups in total. The number of hydrogen-bond acceptors (Lipinski definition) is 4. The highest BCUT2D eigenvalue weighted by Crippen LogP contribution is 2.32. The summed E-state index contributed by atoms with van der Waals surface area (Å²) >= 11 is 13.5. The Kier molecular flexibility index (Phi) is 6.54. The van der Waals surface area contributed by atoms with E-state index in [2.05, 4.69) is 33.7 Å². The highest BCUT2D eigenvalue weighted by atomic mass is 35.5. The SMILES string of the molecule is O=C(CSc1nnc(-c2cccc3ccccc23)n1-c1ccccc1)Nc1cc(Cl)ccc1Cl. The number of amides is 1. The van der Waals surface area contributed by atoms with Crippen LogP contribution in [0.5, 0.6) is 0 Å². The molecule has 5 rings (SSSR count). The summed E-state index contributed by atoms with van der Waals surface area (Å²) in [5.74, 6) is 0.621. The van der Waals surface area contributed by atoms with Gasteiger partial charge in [-0.15, -0.1) is 10.2 Å². The predicted octanol–water partition coefficient (Wildman–Crippen LogP) is 7.13. The number of carbonyl (C=O) groups excluding carboxylic acids is 1. The Morgan fingerprint density at radius 1 is 0.882 bits per heavy atom. The molecule has 0 saturated carbocycles. The number of aromatic nitrogens is 3. The van der Waals surface area contributed by atoms with Crippen LogP contribution >= 0.6 is 35.0 Å². The molecule has 0 bridgehead atoms. The van der Waals surface area contributed by atoms with Gasteiger partial charge >= 0.3 is 0 Å². The Balaban J connectivity index is 1.48. The standard InChI is InChI=1S/C26H18Cl2N4OS/c27-18-13-14-22(28)23(15-18)29-24(33)16-34-26-31-30-25(32(26)19-9-2-1-3-10-19)21-12-6-8-17-7-4-5-11-20(17)21/h1-15H,16H2,(H,29,33). The van der Waals surface area contributed by atoms with Crippen LogP contribution < -0.4 is 5.32 Å². The molecule has 0 atom stereocenters. The molecule has 1 amide bonds. The Hall–Kier alpha value is -3.32. The van der Waals surface area contributed by atoms with Crippen LogP contribution in [0.1, 0.15) is 0 Å². The van der Waals surface area contributed by atoms with Crippen LogP contribution in [0.15, 0.2) is 96.2 Å². The van der Waals surface area contributed by atoms with Crippen molar-refractivity contribution in [3.05, 3.63) is 101 Å². The number of anilines is 1. The molecular formula is C26H18Cl2N4OS. The molecule has 0 saturated heterocycles. The smallest absolute Gasteiger partial charge is 0.234 e. The maximum Gasteiger partial charge on any atom is 0.234 e. The van der Waals surface area contributed by atoms with Crippen molar-refractivity contribution >= 4 is 57.3 Å². The van der Waals surface area contributed by atoms with Crippen molar-refractivity contribution in [2.24, 2.45) is 0 Å². The second-order valence-corrected chi connectivity index (χ2v) is 9.25. The summed E-state index contributed by atoms with van der Waals surface area (Å²) in [6.07, 6.45) is 0. The van der Waals surface area contributed by atoms with E-state index >= 15 is 0 Å². The molecule has 0 fully saturated rings. The lowest BCUT2D eigenvalue weighted by molar-refractivity contribution is -0.113. The van der Waals surface area contributed by atoms with Crippen LogP contribution in [0, 0.1) is 0 Å². The molecule has 0 radical (unpaired) electrons. The number of halogens is 2. The van der Waals surface area contributed by atoms with E-state index in [-0.39, 0.29) is 11.7 Å². The molecule has 0 aliphatic carbocycles. The zero-order chi connectivity index (χ0) is 23.5. The summed E-state index contributed by atoms with van der Waals surface area (Å²) in [6, 6.07) is 29.1. The number of carbonyl (C=O) groups is 1. The van der Waals surface area contributed by atoms with Gasteiger partial charge in [0, 0.05) is 16.3 Å². The van der Waals surface area contributed by atoms with E-state index in [1.165, 1.54) is 11.8 Å². The fraction of sp³-hybridized carbons (Fsp3) is 0.0385. The number of hydrogen-bond donors (Lipinski definition) is 1. The molecule has 168 valence electrons. The van der Waals surface area contributed by atoms with Crippen LogP contribution in [0.4, 0.5) is 5.69 Å². The second kappa shape index (κ2) is 9.89. The van der Waals surface area contributed by atoms with Crippen molar-refractivity contribution in [2.45, 2.75) is 5.16 Å². The van der Waals surface area contributed by atoms with Gasteiger partial charge in [0.1, 0.15) is 0 Å². The number of benzene rings is 4. The average molecular weight is 505 g/mol. The van der Waals surface area contributed by atoms with Gasteiger partial charge in [-0.3, -0.25) is 9.36 Å². The molecular weight excluding hydrogens is 487 g/mol. The van der Waals surface area contributed by atoms with Crippen molar-refractivity contribution in [1.29, 1.82) is 0 Å². The highest BCUT2D eigenvalue weighted by molar-refractivity contribution is 7.99. The first-order valence-electron chi connectivity index (χ1n) is 10.5. The van der Waals surface area contributed by atoms with Gasteiger partial charge in [-0.25, -0.2) is 0 Å². The van der Waals surface area contributed by atoms with E-state index in [0.717, 1.165) is 22.0 Å². The molecule has 0 unspecified atom stereocenters. The van der Waals surface area contributed by atoms with Crippen molar-refractivity contribution < 1.29 is 4.79 Å². The normalized spacial score (nSPS) is 11.0. The molecule has 0 aliphatic heterocycles. The number of rotatable bonds is 6. The summed E-state index contributed by atoms with van der Waals surface area (Å²) in [5, 5.41) is 15.5. The number of thioether (sulfide) groups is 1. The second-order valence-electron chi connectivity index (χ2n) is 7.46. The van der Waals surface area contributed by atoms with E-state index < -0.39 is 0 Å². The molecule has 4 aromatic carbocycles. The van der Waals surface area contributed by atoms with Gasteiger partial charge in [-0.1, -0.05) is 95.6 Å². The first-order chi connectivity index (χ1) is 16.6. The summed E-state index contributed by atoms with van der Waals surface area (Å²) in [4.78, 5) is 12.7. The molecule has 0 aliphatic rings. The topological polar surface area (TPSA) is 59.8 Å². The van der Waals surface area contributed by atoms with Gasteiger partial charge in [0.25, 0.3) is 0 Å². The minimum Gasteiger partial charge on any atom is -0.324 e. The fourth-order valence-corrected chi connectivity index (χ4v) is 4.77. The molecule has 34 heavy (non-hydrogen) atoms. The Morgan fingerprint density at radius 3 is 2.50 bits per heavy atom. The summed E-state index contributed by atoms with van der Waals surface area (Å²) < 4.78 is 1.98. The monoisotopic (exact) mass is 504 g/mol. The van der Waals surface area contributed by atoms with Gasteiger partial charge in [0.15, 0.2) is 11.0 Å². The van der Waals surface area contributed by atoms with Crippen LogP contribution in [0.25, 0.3) is 27.8 Å². The van der Waals surface area contributed by atoms with Crippen molar-refractivity contribution in [2.75, 3.05) is 11.1 Å². The van der Waals surface area contributed by atoms with Gasteiger partial charge in [0.05, 0.1) is 16.5 Å². The van der Waals surface area contributed by atoms with Crippen LogP contribution in [0.3, 0.4) is 0 Å². The zero-order valence-corrected chi connectivity index (χ0v) is 20.1. The maximum absolute atomic E-state index is 12.7. The van der Waals surface area contributed by atoms with E-state index in [1.807, 2.05) is 59.2 Å². The van der Waals surface area contributed by atoms with E-state index in [1.54, 1.807) is 18.2 Å². The van der Waals surface area contributed by atoms with E-state index in [4.69, 9.17) is 23.2 Å². The Bertz CT molecular complexity index is 1480. The quantitative estimate of drug-likeness (QED) is 0.250. The Morgan fingerprint density at radius 2 is 1.65 bits per heavy atom. The molecule has 0 spiro atoms. The highest BCUT2D eigenvalue weighted by Gasteiger charge is 2.19. The fourth-order valence-electron chi connectivity index (χ4n) is 3.68. The largest absolute Gasteiger partial charge is 0.324 e. The van der Waals surface area contributed by atoms with Crippen molar-refractivity contribution in [1.82, 2.24) is 14.8 Å². The van der Waals surface area contributed by atoms with E-state index in [9.17, 15) is 4.79 Å². The van der Waals surface area contributed by atoms with Crippen LogP contribution in [0.2, 0.25) is 10.0 Å². The minimum absolute atomic E-state index is 0.128. The van der Waals surface area contributed by atoms with Crippen LogP contribution in [-0.4, -0.2) is 26.4 Å². The van der Waals surface area contributed by atoms with E-state index in [0.29, 0.717) is 26.7 Å². The van der Waals surface area contributed by atoms with Gasteiger partial charge < -0.3 is 5.32 Å². The third-order valence-electron chi connectivity index (χ3n) is 5.21. The minimum atomic E-state index is -0.219. The van der Waals surface area contributed by atoms with Gasteiger partial charge in [0.2, 0.25) is 5.91 Å². The van der Waals surface area contributed by atoms with Crippen molar-refractivity contribution in [3.63, 3.8) is 0 Å². The number of nitrogens with one attached hydrogen (secondary N) is 1. The first kappa shape index (κ1) is 22.5. The number of nitrogens with zero attached hydrogens (tertiary/aromatic N) is 3. The predicted molar refractivity (Wildman–Crippen MR) is 140 cm³/mol. The third kappa shape index (κ3) is 4.66. The van der Waals surface area contributed by atoms with Crippen molar-refractivity contribution in [3.8, 4) is 17.1 Å². The maximum atomic E-state index is 12.7. The lowest BCUT2D eigenvalue weighted by atomic mass is 10.0. The van der Waals surface area contributed by atoms with Gasteiger partial charge in [-0.2, -0.15) is 0 Å². The molecule has 8 heteroatoms. The molecule has 1 aromatic heterocycles. The summed E-state index contributed by atoms with van der Waals surface area (Å²) in [7, 11) is 0. The third-order valence-corrected chi connectivity index (χ3v) is 6.71. The molecule has 5 aromatic rings. The zero-order valence-electron chi connectivity index (χ0n) is 17.8. The lowest BCUT2D eigenvalue weighted by Crippen LogP contribution is -2.15. The first-order valence-corrected chi connectivity index (χ1v) is 12.2. The van der Waals surface area contributed by atoms with Gasteiger partial charge in [-0.05, 0) is 41.1 Å². The summed E-state index contributed by atoms with van der Waals surface area (Å²) in [5.41, 5.74) is 2.36. The Labute approximate surface area is 210 Å². The number of fused-ring (bicyclic) bond motifs is 1. The number of para-hydroxylation sites is 1.